The van der Waals surface area contributed by atoms with Gasteiger partial charge in [0.05, 0.1) is 19.4 Å². The Morgan fingerprint density at radius 3 is 2.79 bits per heavy atom. The number of nitrogens with zero attached hydrogens (tertiary/aromatic N) is 3. The van der Waals surface area contributed by atoms with Crippen molar-refractivity contribution in [3.63, 3.8) is 0 Å². The summed E-state index contributed by atoms with van der Waals surface area (Å²) in [5.74, 6) is 0. The molecule has 1 amide bonds. The minimum atomic E-state index is -0.0681. The van der Waals surface area contributed by atoms with Crippen molar-refractivity contribution in [3.8, 4) is 0 Å². The van der Waals surface area contributed by atoms with Gasteiger partial charge in [0.2, 0.25) is 0 Å². The predicted octanol–water partition coefficient (Wildman–Crippen LogP) is 0.492. The molecule has 0 saturated carbocycles. The van der Waals surface area contributed by atoms with Crippen molar-refractivity contribution in [2.45, 2.75) is 6.92 Å². The van der Waals surface area contributed by atoms with E-state index in [0.717, 1.165) is 5.56 Å². The van der Waals surface area contributed by atoms with Crippen LogP contribution in [0, 0.1) is 6.92 Å². The van der Waals surface area contributed by atoms with Crippen LogP contribution in [0.4, 0.5) is 4.79 Å². The van der Waals surface area contributed by atoms with Crippen LogP contribution >= 0.6 is 0 Å². The molecule has 14 heavy (non-hydrogen) atoms. The van der Waals surface area contributed by atoms with Crippen molar-refractivity contribution in [3.05, 3.63) is 18.0 Å². The highest BCUT2D eigenvalue weighted by Gasteiger charge is 2.18. The Bertz CT molecular complexity index is 329. The number of hydrogen-bond acceptors (Lipinski definition) is 3. The van der Waals surface area contributed by atoms with E-state index in [4.69, 9.17) is 4.74 Å². The van der Waals surface area contributed by atoms with Gasteiger partial charge in [0.1, 0.15) is 0 Å². The summed E-state index contributed by atoms with van der Waals surface area (Å²) in [6.45, 7) is 4.45. The molecule has 2 heterocycles. The zero-order chi connectivity index (χ0) is 9.97. The first-order valence-corrected chi connectivity index (χ1v) is 4.65. The molecule has 5 nitrogen and oxygen atoms in total. The van der Waals surface area contributed by atoms with E-state index in [1.165, 1.54) is 4.68 Å². The Morgan fingerprint density at radius 1 is 1.50 bits per heavy atom. The molecule has 0 atom stereocenters. The third-order valence-corrected chi connectivity index (χ3v) is 2.19. The van der Waals surface area contributed by atoms with Gasteiger partial charge in [0, 0.05) is 19.3 Å². The third-order valence-electron chi connectivity index (χ3n) is 2.19. The van der Waals surface area contributed by atoms with Gasteiger partial charge in [-0.25, -0.2) is 4.79 Å². The van der Waals surface area contributed by atoms with E-state index in [1.807, 2.05) is 6.92 Å². The molecule has 1 aliphatic heterocycles. The van der Waals surface area contributed by atoms with E-state index in [2.05, 4.69) is 5.10 Å². The quantitative estimate of drug-likeness (QED) is 0.605. The molecule has 0 aromatic carbocycles. The van der Waals surface area contributed by atoms with Crippen LogP contribution in [0.15, 0.2) is 12.4 Å². The molecule has 0 radical (unpaired) electrons. The van der Waals surface area contributed by atoms with Crippen molar-refractivity contribution >= 4 is 6.03 Å². The molecule has 1 saturated heterocycles. The van der Waals surface area contributed by atoms with E-state index in [0.29, 0.717) is 26.3 Å². The number of aryl methyl sites for hydroxylation is 1. The Hall–Kier alpha value is -1.36. The summed E-state index contributed by atoms with van der Waals surface area (Å²) in [6, 6.07) is -0.0681. The summed E-state index contributed by atoms with van der Waals surface area (Å²) in [5, 5.41) is 3.98. The largest absolute Gasteiger partial charge is 0.378 e. The highest BCUT2D eigenvalue weighted by atomic mass is 16.5. The molecule has 76 valence electrons. The van der Waals surface area contributed by atoms with E-state index in [9.17, 15) is 4.79 Å². The van der Waals surface area contributed by atoms with Crippen LogP contribution in [0.25, 0.3) is 0 Å². The van der Waals surface area contributed by atoms with Gasteiger partial charge in [0.15, 0.2) is 0 Å². The number of aromatic nitrogens is 2. The molecule has 0 aliphatic carbocycles. The molecule has 1 fully saturated rings. The average Bonchev–Trinajstić information content (AvgIpc) is 2.65. The van der Waals surface area contributed by atoms with Crippen LogP contribution < -0.4 is 0 Å². The monoisotopic (exact) mass is 195 g/mol. The first-order chi connectivity index (χ1) is 6.77. The van der Waals surface area contributed by atoms with Gasteiger partial charge in [-0.3, -0.25) is 0 Å². The molecular formula is C9H13N3O2. The maximum Gasteiger partial charge on any atom is 0.344 e. The standard InChI is InChI=1S/C9H13N3O2/c1-8-6-10-12(7-8)9(13)11-2-4-14-5-3-11/h6-7H,2-5H2,1H3. The first kappa shape index (κ1) is 9.21. The smallest absolute Gasteiger partial charge is 0.344 e. The topological polar surface area (TPSA) is 47.4 Å². The Kier molecular flexibility index (Phi) is 2.49. The Balaban J connectivity index is 2.07. The normalized spacial score (nSPS) is 17.1. The number of carbonyl (C=O) groups is 1. The van der Waals surface area contributed by atoms with Crippen LogP contribution in [0.2, 0.25) is 0 Å². The lowest BCUT2D eigenvalue weighted by Crippen LogP contribution is -2.43. The van der Waals surface area contributed by atoms with Gasteiger partial charge >= 0.3 is 6.03 Å². The molecule has 5 heteroatoms. The predicted molar refractivity (Wildman–Crippen MR) is 50.2 cm³/mol. The van der Waals surface area contributed by atoms with Crippen LogP contribution in [0.5, 0.6) is 0 Å². The van der Waals surface area contributed by atoms with Gasteiger partial charge in [0.25, 0.3) is 0 Å². The minimum Gasteiger partial charge on any atom is -0.378 e. The van der Waals surface area contributed by atoms with Gasteiger partial charge in [-0.2, -0.15) is 9.78 Å². The van der Waals surface area contributed by atoms with E-state index < -0.39 is 0 Å². The SMILES string of the molecule is Cc1cnn(C(=O)N2CCOCC2)c1. The summed E-state index contributed by atoms with van der Waals surface area (Å²) in [6.07, 6.45) is 3.41. The summed E-state index contributed by atoms with van der Waals surface area (Å²) < 4.78 is 6.54. The second-order valence-electron chi connectivity index (χ2n) is 3.34. The third kappa shape index (κ3) is 1.77. The zero-order valence-corrected chi connectivity index (χ0v) is 8.14. The molecule has 1 aromatic rings. The lowest BCUT2D eigenvalue weighted by Gasteiger charge is -2.26. The molecule has 1 aromatic heterocycles. The maximum atomic E-state index is 11.8. The van der Waals surface area contributed by atoms with Crippen molar-refractivity contribution < 1.29 is 9.53 Å². The van der Waals surface area contributed by atoms with Crippen molar-refractivity contribution in [2.24, 2.45) is 0 Å². The second kappa shape index (κ2) is 3.79. The lowest BCUT2D eigenvalue weighted by atomic mass is 10.4. The number of hydrogen-bond donors (Lipinski definition) is 0. The number of amides is 1. The fraction of sp³-hybridized carbons (Fsp3) is 0.556. The molecule has 0 spiro atoms. The zero-order valence-electron chi connectivity index (χ0n) is 8.14. The number of rotatable bonds is 0. The van der Waals surface area contributed by atoms with E-state index in [1.54, 1.807) is 17.3 Å². The van der Waals surface area contributed by atoms with Crippen LogP contribution in [0.3, 0.4) is 0 Å². The van der Waals surface area contributed by atoms with E-state index >= 15 is 0 Å². The fourth-order valence-electron chi connectivity index (χ4n) is 1.42. The van der Waals surface area contributed by atoms with Gasteiger partial charge in [-0.15, -0.1) is 0 Å². The van der Waals surface area contributed by atoms with E-state index in [-0.39, 0.29) is 6.03 Å². The molecule has 1 aliphatic rings. The highest BCUT2D eigenvalue weighted by molar-refractivity contribution is 5.76. The minimum absolute atomic E-state index is 0.0681. The number of carbonyl (C=O) groups excluding carboxylic acids is 1. The first-order valence-electron chi connectivity index (χ1n) is 4.65. The average molecular weight is 195 g/mol. The molecular weight excluding hydrogens is 182 g/mol. The lowest BCUT2D eigenvalue weighted by molar-refractivity contribution is 0.0528. The van der Waals surface area contributed by atoms with Crippen LogP contribution in [-0.2, 0) is 4.74 Å². The van der Waals surface area contributed by atoms with Crippen LogP contribution in [0.1, 0.15) is 5.56 Å². The molecule has 0 N–H and O–H groups in total. The van der Waals surface area contributed by atoms with Gasteiger partial charge < -0.3 is 9.64 Å². The van der Waals surface area contributed by atoms with Crippen molar-refractivity contribution in [1.29, 1.82) is 0 Å². The summed E-state index contributed by atoms with van der Waals surface area (Å²) in [5.41, 5.74) is 0.992. The van der Waals surface area contributed by atoms with Crippen molar-refractivity contribution in [1.82, 2.24) is 14.7 Å². The van der Waals surface area contributed by atoms with Gasteiger partial charge in [-0.05, 0) is 12.5 Å². The molecule has 0 bridgehead atoms. The van der Waals surface area contributed by atoms with Crippen LogP contribution in [-0.4, -0.2) is 47.0 Å². The fourth-order valence-corrected chi connectivity index (χ4v) is 1.42. The maximum absolute atomic E-state index is 11.8. The summed E-state index contributed by atoms with van der Waals surface area (Å²) >= 11 is 0. The Morgan fingerprint density at radius 2 is 2.21 bits per heavy atom. The summed E-state index contributed by atoms with van der Waals surface area (Å²) in [4.78, 5) is 13.5. The van der Waals surface area contributed by atoms with Gasteiger partial charge in [-0.1, -0.05) is 0 Å². The Labute approximate surface area is 82.3 Å². The summed E-state index contributed by atoms with van der Waals surface area (Å²) in [7, 11) is 0. The number of ether oxygens (including phenoxy) is 1. The van der Waals surface area contributed by atoms with Crippen molar-refractivity contribution in [2.75, 3.05) is 26.3 Å². The highest BCUT2D eigenvalue weighted by Crippen LogP contribution is 2.02. The second-order valence-corrected chi connectivity index (χ2v) is 3.34. The number of morpholine rings is 1. The molecule has 2 rings (SSSR count). The molecule has 0 unspecified atom stereocenters.